The minimum absolute atomic E-state index is 0. The summed E-state index contributed by atoms with van der Waals surface area (Å²) in [5.74, 6) is -0.0771. The first-order valence-corrected chi connectivity index (χ1v) is 6.01. The van der Waals surface area contributed by atoms with Crippen molar-refractivity contribution in [3.63, 3.8) is 0 Å². The fourth-order valence-corrected chi connectivity index (χ4v) is 2.09. The van der Waals surface area contributed by atoms with Crippen LogP contribution in [0.2, 0.25) is 0 Å². The van der Waals surface area contributed by atoms with Gasteiger partial charge in [0.15, 0.2) is 0 Å². The van der Waals surface area contributed by atoms with E-state index in [-0.39, 0.29) is 36.3 Å². The van der Waals surface area contributed by atoms with Gasteiger partial charge in [-0.25, -0.2) is 0 Å². The molecule has 1 aliphatic rings. The Labute approximate surface area is 126 Å². The molecule has 0 aromatic carbocycles. The Bertz CT molecular complexity index is 448. The molecule has 1 aliphatic carbocycles. The van der Waals surface area contributed by atoms with Gasteiger partial charge in [0.25, 0.3) is 5.91 Å². The zero-order valence-corrected chi connectivity index (χ0v) is 12.9. The summed E-state index contributed by atoms with van der Waals surface area (Å²) < 4.78 is 0. The standard InChI is InChI=1S/C13H19N3O.2ClH/c1-9-4-5-11(10(2)16-9)12(17)15-8-13(14)6-3-7-13;;/h4-5H,3,6-8,14H2,1-2H3,(H,15,17);2*1H. The maximum Gasteiger partial charge on any atom is 0.253 e. The van der Waals surface area contributed by atoms with Crippen molar-refractivity contribution in [1.82, 2.24) is 10.3 Å². The van der Waals surface area contributed by atoms with Gasteiger partial charge in [-0.2, -0.15) is 0 Å². The lowest BCUT2D eigenvalue weighted by Crippen LogP contribution is -2.55. The largest absolute Gasteiger partial charge is 0.350 e. The first-order chi connectivity index (χ1) is 8.00. The van der Waals surface area contributed by atoms with Crippen molar-refractivity contribution < 1.29 is 4.79 Å². The van der Waals surface area contributed by atoms with Crippen LogP contribution in [0.3, 0.4) is 0 Å². The van der Waals surface area contributed by atoms with E-state index in [0.29, 0.717) is 12.1 Å². The monoisotopic (exact) mass is 305 g/mol. The lowest BCUT2D eigenvalue weighted by atomic mass is 9.78. The van der Waals surface area contributed by atoms with Gasteiger partial charge in [0, 0.05) is 17.8 Å². The molecule has 1 aromatic heterocycles. The number of aromatic nitrogens is 1. The Hall–Kier alpha value is -0.840. The van der Waals surface area contributed by atoms with Crippen molar-refractivity contribution in [2.75, 3.05) is 6.54 Å². The molecule has 0 radical (unpaired) electrons. The van der Waals surface area contributed by atoms with Crippen LogP contribution in [-0.4, -0.2) is 23.0 Å². The number of nitrogens with one attached hydrogen (secondary N) is 1. The summed E-state index contributed by atoms with van der Waals surface area (Å²) in [5, 5.41) is 2.90. The second-order valence-electron chi connectivity index (χ2n) is 4.98. The van der Waals surface area contributed by atoms with E-state index in [1.165, 1.54) is 0 Å². The van der Waals surface area contributed by atoms with Crippen LogP contribution in [0.25, 0.3) is 0 Å². The van der Waals surface area contributed by atoms with E-state index in [9.17, 15) is 4.79 Å². The number of carbonyl (C=O) groups excluding carboxylic acids is 1. The third kappa shape index (κ3) is 4.34. The predicted molar refractivity (Wildman–Crippen MR) is 81.3 cm³/mol. The van der Waals surface area contributed by atoms with Crippen molar-refractivity contribution in [2.24, 2.45) is 5.73 Å². The maximum atomic E-state index is 12.0. The quantitative estimate of drug-likeness (QED) is 0.899. The highest BCUT2D eigenvalue weighted by Gasteiger charge is 2.32. The van der Waals surface area contributed by atoms with Gasteiger partial charge in [-0.05, 0) is 45.2 Å². The van der Waals surface area contributed by atoms with Crippen LogP contribution in [0, 0.1) is 13.8 Å². The molecule has 0 unspecified atom stereocenters. The Kier molecular flexibility index (Phi) is 6.77. The summed E-state index contributed by atoms with van der Waals surface area (Å²) in [7, 11) is 0. The van der Waals surface area contributed by atoms with Crippen LogP contribution >= 0.6 is 24.8 Å². The first-order valence-electron chi connectivity index (χ1n) is 6.01. The van der Waals surface area contributed by atoms with Crippen LogP contribution in [-0.2, 0) is 0 Å². The summed E-state index contributed by atoms with van der Waals surface area (Å²) in [6.07, 6.45) is 3.16. The Morgan fingerprint density at radius 3 is 2.47 bits per heavy atom. The molecular formula is C13H21Cl2N3O. The van der Waals surface area contributed by atoms with Gasteiger partial charge < -0.3 is 11.1 Å². The average Bonchev–Trinajstić information content (AvgIpc) is 2.23. The molecule has 19 heavy (non-hydrogen) atoms. The van der Waals surface area contributed by atoms with Crippen molar-refractivity contribution in [3.05, 3.63) is 29.1 Å². The average molecular weight is 306 g/mol. The molecule has 108 valence electrons. The smallest absolute Gasteiger partial charge is 0.253 e. The van der Waals surface area contributed by atoms with Crippen molar-refractivity contribution in [2.45, 2.75) is 38.6 Å². The molecule has 0 atom stereocenters. The summed E-state index contributed by atoms with van der Waals surface area (Å²) in [6.45, 7) is 4.32. The molecule has 1 heterocycles. The van der Waals surface area contributed by atoms with E-state index < -0.39 is 0 Å². The highest BCUT2D eigenvalue weighted by atomic mass is 35.5. The highest BCUT2D eigenvalue weighted by Crippen LogP contribution is 2.28. The van der Waals surface area contributed by atoms with E-state index in [2.05, 4.69) is 10.3 Å². The zero-order valence-electron chi connectivity index (χ0n) is 11.2. The molecule has 0 saturated heterocycles. The fourth-order valence-electron chi connectivity index (χ4n) is 2.09. The molecule has 1 amide bonds. The minimum Gasteiger partial charge on any atom is -0.350 e. The summed E-state index contributed by atoms with van der Waals surface area (Å²) >= 11 is 0. The van der Waals surface area contributed by atoms with Crippen molar-refractivity contribution >= 4 is 30.7 Å². The summed E-state index contributed by atoms with van der Waals surface area (Å²) in [4.78, 5) is 16.2. The van der Waals surface area contributed by atoms with Crippen LogP contribution in [0.15, 0.2) is 12.1 Å². The second kappa shape index (κ2) is 7.08. The molecule has 1 fully saturated rings. The number of nitrogens with two attached hydrogens (primary N) is 1. The SMILES string of the molecule is Cc1ccc(C(=O)NCC2(N)CCC2)c(C)n1.Cl.Cl. The third-order valence-corrected chi connectivity index (χ3v) is 3.42. The number of pyridine rings is 1. The number of hydrogen-bond donors (Lipinski definition) is 2. The molecule has 4 nitrogen and oxygen atoms in total. The van der Waals surface area contributed by atoms with Gasteiger partial charge in [-0.15, -0.1) is 24.8 Å². The number of amides is 1. The number of carbonyl (C=O) groups is 1. The van der Waals surface area contributed by atoms with E-state index in [4.69, 9.17) is 5.73 Å². The third-order valence-electron chi connectivity index (χ3n) is 3.42. The minimum atomic E-state index is -0.179. The van der Waals surface area contributed by atoms with Crippen LogP contribution in [0.4, 0.5) is 0 Å². The molecule has 2 rings (SSSR count). The van der Waals surface area contributed by atoms with E-state index >= 15 is 0 Å². The fraction of sp³-hybridized carbons (Fsp3) is 0.538. The molecule has 0 bridgehead atoms. The Morgan fingerprint density at radius 1 is 1.37 bits per heavy atom. The zero-order chi connectivity index (χ0) is 12.5. The number of halogens is 2. The molecular weight excluding hydrogens is 285 g/mol. The summed E-state index contributed by atoms with van der Waals surface area (Å²) in [5.41, 5.74) is 8.21. The topological polar surface area (TPSA) is 68.0 Å². The van der Waals surface area contributed by atoms with E-state index in [0.717, 1.165) is 30.7 Å². The lowest BCUT2D eigenvalue weighted by Gasteiger charge is -2.38. The lowest BCUT2D eigenvalue weighted by molar-refractivity contribution is 0.0928. The number of nitrogens with zero attached hydrogens (tertiary/aromatic N) is 1. The van der Waals surface area contributed by atoms with Crippen LogP contribution in [0.1, 0.15) is 41.0 Å². The molecule has 1 saturated carbocycles. The van der Waals surface area contributed by atoms with Gasteiger partial charge in [0.2, 0.25) is 0 Å². The first kappa shape index (κ1) is 18.2. The van der Waals surface area contributed by atoms with Gasteiger partial charge >= 0.3 is 0 Å². The number of hydrogen-bond acceptors (Lipinski definition) is 3. The molecule has 1 aromatic rings. The number of aryl methyl sites for hydroxylation is 2. The van der Waals surface area contributed by atoms with Crippen LogP contribution in [0.5, 0.6) is 0 Å². The molecule has 6 heteroatoms. The van der Waals surface area contributed by atoms with Gasteiger partial charge in [-0.3, -0.25) is 9.78 Å². The van der Waals surface area contributed by atoms with Gasteiger partial charge in [0.1, 0.15) is 0 Å². The van der Waals surface area contributed by atoms with Crippen molar-refractivity contribution in [1.29, 1.82) is 0 Å². The Balaban J connectivity index is 0.00000162. The Morgan fingerprint density at radius 2 is 2.00 bits per heavy atom. The highest BCUT2D eigenvalue weighted by molar-refractivity contribution is 5.95. The van der Waals surface area contributed by atoms with E-state index in [1.807, 2.05) is 26.0 Å². The van der Waals surface area contributed by atoms with E-state index in [1.54, 1.807) is 0 Å². The van der Waals surface area contributed by atoms with Crippen molar-refractivity contribution in [3.8, 4) is 0 Å². The van der Waals surface area contributed by atoms with Crippen LogP contribution < -0.4 is 11.1 Å². The molecule has 3 N–H and O–H groups in total. The summed E-state index contributed by atoms with van der Waals surface area (Å²) in [6, 6.07) is 3.67. The number of rotatable bonds is 3. The maximum absolute atomic E-state index is 12.0. The predicted octanol–water partition coefficient (Wildman–Crippen LogP) is 2.15. The normalized spacial score (nSPS) is 15.5. The van der Waals surface area contributed by atoms with Gasteiger partial charge in [-0.1, -0.05) is 0 Å². The molecule has 0 spiro atoms. The van der Waals surface area contributed by atoms with Gasteiger partial charge in [0.05, 0.1) is 11.3 Å². The second-order valence-corrected chi connectivity index (χ2v) is 4.98. The molecule has 0 aliphatic heterocycles.